The lowest BCUT2D eigenvalue weighted by atomic mass is 10.1. The summed E-state index contributed by atoms with van der Waals surface area (Å²) in [7, 11) is 0. The zero-order valence-corrected chi connectivity index (χ0v) is 19.4. The zero-order valence-electron chi connectivity index (χ0n) is 17.8. The van der Waals surface area contributed by atoms with Gasteiger partial charge in [-0.1, -0.05) is 67.6 Å². The van der Waals surface area contributed by atoms with E-state index in [1.807, 2.05) is 80.6 Å². The van der Waals surface area contributed by atoms with Crippen LogP contribution in [0, 0.1) is 0 Å². The van der Waals surface area contributed by atoms with Crippen LogP contribution in [0.1, 0.15) is 25.8 Å². The maximum Gasteiger partial charge on any atom is 0.261 e. The summed E-state index contributed by atoms with van der Waals surface area (Å²) in [5.41, 5.74) is 0.963. The van der Waals surface area contributed by atoms with Gasteiger partial charge in [0.25, 0.3) is 5.91 Å². The van der Waals surface area contributed by atoms with Crippen LogP contribution in [0.3, 0.4) is 0 Å². The van der Waals surface area contributed by atoms with Gasteiger partial charge in [0.1, 0.15) is 11.8 Å². The SMILES string of the molecule is CCNC(=O)C(CC)N(Cc1ccccc1)C(=O)COc1ccc2ccccc2c1Br. The Morgan fingerprint density at radius 1 is 1.00 bits per heavy atom. The molecule has 1 N–H and O–H groups in total. The monoisotopic (exact) mass is 482 g/mol. The number of rotatable bonds is 9. The van der Waals surface area contributed by atoms with Gasteiger partial charge >= 0.3 is 0 Å². The summed E-state index contributed by atoms with van der Waals surface area (Å²) in [6.07, 6.45) is 0.518. The van der Waals surface area contributed by atoms with Crippen LogP contribution in [0.15, 0.2) is 71.2 Å². The number of amides is 2. The molecule has 3 rings (SSSR count). The molecule has 162 valence electrons. The first-order chi connectivity index (χ1) is 15.0. The molecule has 0 heterocycles. The maximum absolute atomic E-state index is 13.2. The van der Waals surface area contributed by atoms with Crippen molar-refractivity contribution in [2.24, 2.45) is 0 Å². The van der Waals surface area contributed by atoms with Gasteiger partial charge in [0.05, 0.1) is 4.47 Å². The van der Waals surface area contributed by atoms with Gasteiger partial charge in [-0.2, -0.15) is 0 Å². The molecule has 0 aromatic heterocycles. The van der Waals surface area contributed by atoms with Crippen LogP contribution in [-0.4, -0.2) is 35.9 Å². The average molecular weight is 483 g/mol. The van der Waals surface area contributed by atoms with Crippen LogP contribution in [0.2, 0.25) is 0 Å². The molecule has 0 saturated carbocycles. The molecule has 0 aliphatic rings. The lowest BCUT2D eigenvalue weighted by Gasteiger charge is -2.30. The number of fused-ring (bicyclic) bond motifs is 1. The molecule has 5 nitrogen and oxygen atoms in total. The van der Waals surface area contributed by atoms with Gasteiger partial charge in [-0.25, -0.2) is 0 Å². The zero-order chi connectivity index (χ0) is 22.2. The lowest BCUT2D eigenvalue weighted by molar-refractivity contribution is -0.142. The third-order valence-corrected chi connectivity index (χ3v) is 5.93. The molecule has 2 amide bonds. The Kier molecular flexibility index (Phi) is 8.06. The number of benzene rings is 3. The second-order valence-corrected chi connectivity index (χ2v) is 8.01. The summed E-state index contributed by atoms with van der Waals surface area (Å²) in [6, 6.07) is 20.9. The van der Waals surface area contributed by atoms with Crippen LogP contribution < -0.4 is 10.1 Å². The summed E-state index contributed by atoms with van der Waals surface area (Å²) in [5, 5.41) is 4.94. The topological polar surface area (TPSA) is 58.6 Å². The molecule has 0 spiro atoms. The van der Waals surface area contributed by atoms with Gasteiger partial charge in [0.2, 0.25) is 5.91 Å². The number of halogens is 1. The van der Waals surface area contributed by atoms with Crippen LogP contribution in [0.4, 0.5) is 0 Å². The van der Waals surface area contributed by atoms with Gasteiger partial charge in [-0.05, 0) is 51.7 Å². The van der Waals surface area contributed by atoms with E-state index in [1.165, 1.54) is 0 Å². The number of hydrogen-bond donors (Lipinski definition) is 1. The van der Waals surface area contributed by atoms with E-state index in [1.54, 1.807) is 4.90 Å². The van der Waals surface area contributed by atoms with E-state index in [0.717, 1.165) is 20.8 Å². The number of likely N-dealkylation sites (N-methyl/N-ethyl adjacent to an activating group) is 1. The Bertz CT molecular complexity index is 1040. The highest BCUT2D eigenvalue weighted by atomic mass is 79.9. The average Bonchev–Trinajstić information content (AvgIpc) is 2.79. The second-order valence-electron chi connectivity index (χ2n) is 7.21. The minimum atomic E-state index is -0.559. The first-order valence-corrected chi connectivity index (χ1v) is 11.3. The predicted molar refractivity (Wildman–Crippen MR) is 127 cm³/mol. The summed E-state index contributed by atoms with van der Waals surface area (Å²) in [4.78, 5) is 27.4. The third-order valence-electron chi connectivity index (χ3n) is 5.11. The highest BCUT2D eigenvalue weighted by molar-refractivity contribution is 9.10. The van der Waals surface area contributed by atoms with Gasteiger partial charge in [0, 0.05) is 13.1 Å². The predicted octanol–water partition coefficient (Wildman–Crippen LogP) is 4.92. The summed E-state index contributed by atoms with van der Waals surface area (Å²) in [5.74, 6) is 0.209. The number of hydrogen-bond acceptors (Lipinski definition) is 3. The van der Waals surface area contributed by atoms with Gasteiger partial charge in [-0.3, -0.25) is 9.59 Å². The van der Waals surface area contributed by atoms with Gasteiger partial charge in [0.15, 0.2) is 6.61 Å². The van der Waals surface area contributed by atoms with E-state index >= 15 is 0 Å². The van der Waals surface area contributed by atoms with Crippen molar-refractivity contribution in [3.63, 3.8) is 0 Å². The smallest absolute Gasteiger partial charge is 0.261 e. The van der Waals surface area contributed by atoms with E-state index in [9.17, 15) is 9.59 Å². The Labute approximate surface area is 191 Å². The van der Waals surface area contributed by atoms with E-state index in [-0.39, 0.29) is 18.4 Å². The minimum Gasteiger partial charge on any atom is -0.483 e. The fourth-order valence-corrected chi connectivity index (χ4v) is 4.15. The van der Waals surface area contributed by atoms with Crippen LogP contribution in [0.25, 0.3) is 10.8 Å². The largest absolute Gasteiger partial charge is 0.483 e. The molecule has 0 radical (unpaired) electrons. The third kappa shape index (κ3) is 5.64. The summed E-state index contributed by atoms with van der Waals surface area (Å²) < 4.78 is 6.70. The molecule has 1 unspecified atom stereocenters. The molecule has 0 aliphatic heterocycles. The van der Waals surface area contributed by atoms with Crippen molar-refractivity contribution in [2.45, 2.75) is 32.9 Å². The highest BCUT2D eigenvalue weighted by Gasteiger charge is 2.28. The van der Waals surface area contributed by atoms with Crippen LogP contribution in [-0.2, 0) is 16.1 Å². The molecule has 1 atom stereocenters. The summed E-state index contributed by atoms with van der Waals surface area (Å²) in [6.45, 7) is 4.49. The normalized spacial score (nSPS) is 11.7. The quantitative estimate of drug-likeness (QED) is 0.470. The summed E-state index contributed by atoms with van der Waals surface area (Å²) >= 11 is 3.60. The maximum atomic E-state index is 13.2. The van der Waals surface area contributed by atoms with Crippen molar-refractivity contribution in [3.05, 3.63) is 76.8 Å². The van der Waals surface area contributed by atoms with E-state index in [2.05, 4.69) is 21.2 Å². The Morgan fingerprint density at radius 3 is 2.42 bits per heavy atom. The minimum absolute atomic E-state index is 0.152. The molecule has 6 heteroatoms. The number of nitrogens with zero attached hydrogens (tertiary/aromatic N) is 1. The fraction of sp³-hybridized carbons (Fsp3) is 0.280. The second kappa shape index (κ2) is 11.0. The molecule has 0 bridgehead atoms. The van der Waals surface area contributed by atoms with Crippen molar-refractivity contribution in [3.8, 4) is 5.75 Å². The molecule has 3 aromatic carbocycles. The Balaban J connectivity index is 1.80. The molecular formula is C25H27BrN2O3. The van der Waals surface area contributed by atoms with Crippen LogP contribution >= 0.6 is 15.9 Å². The van der Waals surface area contributed by atoms with Gasteiger partial charge in [-0.15, -0.1) is 0 Å². The first kappa shape index (κ1) is 22.8. The molecule has 3 aromatic rings. The van der Waals surface area contributed by atoms with Crippen molar-refractivity contribution in [1.82, 2.24) is 10.2 Å². The molecule has 31 heavy (non-hydrogen) atoms. The first-order valence-electron chi connectivity index (χ1n) is 10.5. The highest BCUT2D eigenvalue weighted by Crippen LogP contribution is 2.33. The van der Waals surface area contributed by atoms with Crippen LogP contribution in [0.5, 0.6) is 5.75 Å². The Morgan fingerprint density at radius 2 is 1.71 bits per heavy atom. The standard InChI is InChI=1S/C25H27BrN2O3/c1-3-21(25(30)27-4-2)28(16-18-10-6-5-7-11-18)23(29)17-31-22-15-14-19-12-8-9-13-20(19)24(22)26/h5-15,21H,3-4,16-17H2,1-2H3,(H,27,30). The van der Waals surface area contributed by atoms with E-state index in [0.29, 0.717) is 25.3 Å². The molecule has 0 aliphatic carbocycles. The van der Waals surface area contributed by atoms with Crippen molar-refractivity contribution >= 4 is 38.5 Å². The van der Waals surface area contributed by atoms with Gasteiger partial charge < -0.3 is 15.0 Å². The van der Waals surface area contributed by atoms with E-state index in [4.69, 9.17) is 4.74 Å². The molecular weight excluding hydrogens is 456 g/mol. The Hall–Kier alpha value is -2.86. The van der Waals surface area contributed by atoms with Crippen molar-refractivity contribution in [2.75, 3.05) is 13.2 Å². The number of ether oxygens (including phenoxy) is 1. The lowest BCUT2D eigenvalue weighted by Crippen LogP contribution is -2.50. The number of carbonyl (C=O) groups is 2. The molecule has 0 fully saturated rings. The molecule has 0 saturated heterocycles. The van der Waals surface area contributed by atoms with Crippen molar-refractivity contribution in [1.29, 1.82) is 0 Å². The van der Waals surface area contributed by atoms with Crippen molar-refractivity contribution < 1.29 is 14.3 Å². The van der Waals surface area contributed by atoms with E-state index < -0.39 is 6.04 Å². The fourth-order valence-electron chi connectivity index (χ4n) is 3.54. The number of carbonyl (C=O) groups excluding carboxylic acids is 2. The number of nitrogens with one attached hydrogen (secondary N) is 1.